The zero-order valence-corrected chi connectivity index (χ0v) is 14.8. The minimum absolute atomic E-state index is 0.0279. The van der Waals surface area contributed by atoms with E-state index in [4.69, 9.17) is 4.74 Å². The molecule has 0 saturated heterocycles. The third-order valence-electron chi connectivity index (χ3n) is 3.09. The molecule has 112 valence electrons. The first-order valence-electron chi connectivity index (χ1n) is 6.75. The minimum Gasteiger partial charge on any atom is -0.494 e. The van der Waals surface area contributed by atoms with Crippen LogP contribution in [0.5, 0.6) is 5.75 Å². The van der Waals surface area contributed by atoms with E-state index in [0.29, 0.717) is 13.2 Å². The molecule has 1 aromatic carbocycles. The SMILES string of the molecule is CCOc1ccccc1CN(C)C(=O)c1cc(C)c(Br)s1. The number of ether oxygens (including phenoxy) is 1. The van der Waals surface area contributed by atoms with E-state index >= 15 is 0 Å². The van der Waals surface area contributed by atoms with Crippen LogP contribution in [0.15, 0.2) is 34.1 Å². The number of halogens is 1. The van der Waals surface area contributed by atoms with Crippen LogP contribution in [0.2, 0.25) is 0 Å². The van der Waals surface area contributed by atoms with Crippen molar-refractivity contribution in [3.8, 4) is 5.75 Å². The monoisotopic (exact) mass is 367 g/mol. The van der Waals surface area contributed by atoms with Crippen LogP contribution in [-0.4, -0.2) is 24.5 Å². The molecule has 0 bridgehead atoms. The maximum absolute atomic E-state index is 12.5. The number of carbonyl (C=O) groups is 1. The Kier molecular flexibility index (Phi) is 5.42. The van der Waals surface area contributed by atoms with Crippen molar-refractivity contribution in [3.63, 3.8) is 0 Å². The Hall–Kier alpha value is -1.33. The van der Waals surface area contributed by atoms with Crippen molar-refractivity contribution in [2.45, 2.75) is 20.4 Å². The second-order valence-electron chi connectivity index (χ2n) is 4.77. The van der Waals surface area contributed by atoms with E-state index < -0.39 is 0 Å². The Morgan fingerprint density at radius 3 is 2.71 bits per heavy atom. The van der Waals surface area contributed by atoms with Gasteiger partial charge in [-0.1, -0.05) is 18.2 Å². The normalized spacial score (nSPS) is 10.5. The molecule has 1 heterocycles. The molecular formula is C16H18BrNO2S. The Balaban J connectivity index is 2.14. The highest BCUT2D eigenvalue weighted by Crippen LogP contribution is 2.28. The molecule has 0 spiro atoms. The summed E-state index contributed by atoms with van der Waals surface area (Å²) in [6.07, 6.45) is 0. The van der Waals surface area contributed by atoms with Gasteiger partial charge < -0.3 is 9.64 Å². The van der Waals surface area contributed by atoms with Gasteiger partial charge in [0.25, 0.3) is 5.91 Å². The number of benzene rings is 1. The van der Waals surface area contributed by atoms with Gasteiger partial charge in [-0.05, 0) is 47.5 Å². The topological polar surface area (TPSA) is 29.5 Å². The number of hydrogen-bond acceptors (Lipinski definition) is 3. The van der Waals surface area contributed by atoms with Gasteiger partial charge in [0.2, 0.25) is 0 Å². The summed E-state index contributed by atoms with van der Waals surface area (Å²) in [4.78, 5) is 14.9. The Labute approximate surface area is 137 Å². The fourth-order valence-electron chi connectivity index (χ4n) is 2.01. The molecule has 0 unspecified atom stereocenters. The maximum Gasteiger partial charge on any atom is 0.264 e. The summed E-state index contributed by atoms with van der Waals surface area (Å²) < 4.78 is 6.61. The summed E-state index contributed by atoms with van der Waals surface area (Å²) in [6, 6.07) is 9.74. The molecule has 1 aromatic heterocycles. The lowest BCUT2D eigenvalue weighted by Gasteiger charge is -2.18. The summed E-state index contributed by atoms with van der Waals surface area (Å²) in [5.41, 5.74) is 2.11. The molecular weight excluding hydrogens is 350 g/mol. The van der Waals surface area contributed by atoms with Crippen LogP contribution in [0, 0.1) is 6.92 Å². The van der Waals surface area contributed by atoms with Crippen molar-refractivity contribution >= 4 is 33.2 Å². The van der Waals surface area contributed by atoms with Crippen molar-refractivity contribution in [2.75, 3.05) is 13.7 Å². The second kappa shape index (κ2) is 7.09. The first-order chi connectivity index (χ1) is 10.0. The average Bonchev–Trinajstić information content (AvgIpc) is 2.80. The summed E-state index contributed by atoms with van der Waals surface area (Å²) in [5, 5.41) is 0. The Bertz CT molecular complexity index is 619. The van der Waals surface area contributed by atoms with Crippen molar-refractivity contribution in [3.05, 3.63) is 50.1 Å². The van der Waals surface area contributed by atoms with E-state index in [2.05, 4.69) is 15.9 Å². The second-order valence-corrected chi connectivity index (χ2v) is 7.14. The fourth-order valence-corrected chi connectivity index (χ4v) is 3.54. The van der Waals surface area contributed by atoms with Crippen LogP contribution in [0.3, 0.4) is 0 Å². The summed E-state index contributed by atoms with van der Waals surface area (Å²) in [7, 11) is 1.81. The molecule has 3 nitrogen and oxygen atoms in total. The van der Waals surface area contributed by atoms with Crippen LogP contribution in [0.1, 0.15) is 27.7 Å². The van der Waals surface area contributed by atoms with Crippen LogP contribution in [0.4, 0.5) is 0 Å². The maximum atomic E-state index is 12.5. The van der Waals surface area contributed by atoms with Gasteiger partial charge in [0.15, 0.2) is 0 Å². The van der Waals surface area contributed by atoms with E-state index in [1.54, 1.807) is 4.90 Å². The van der Waals surface area contributed by atoms with Crippen molar-refractivity contribution in [1.82, 2.24) is 4.90 Å². The highest BCUT2D eigenvalue weighted by Gasteiger charge is 2.17. The molecule has 5 heteroatoms. The number of carbonyl (C=O) groups excluding carboxylic acids is 1. The highest BCUT2D eigenvalue weighted by molar-refractivity contribution is 9.11. The van der Waals surface area contributed by atoms with Gasteiger partial charge in [-0.2, -0.15) is 0 Å². The van der Waals surface area contributed by atoms with Crippen LogP contribution < -0.4 is 4.74 Å². The summed E-state index contributed by atoms with van der Waals surface area (Å²) in [5.74, 6) is 0.864. The minimum atomic E-state index is 0.0279. The molecule has 0 aliphatic carbocycles. The van der Waals surface area contributed by atoms with Gasteiger partial charge in [0.05, 0.1) is 15.3 Å². The van der Waals surface area contributed by atoms with E-state index in [0.717, 1.165) is 25.5 Å². The van der Waals surface area contributed by atoms with Crippen molar-refractivity contribution in [1.29, 1.82) is 0 Å². The number of amides is 1. The first-order valence-corrected chi connectivity index (χ1v) is 8.36. The van der Waals surface area contributed by atoms with Gasteiger partial charge in [0, 0.05) is 19.2 Å². The summed E-state index contributed by atoms with van der Waals surface area (Å²) in [6.45, 7) is 5.09. The molecule has 0 N–H and O–H groups in total. The molecule has 0 radical (unpaired) electrons. The molecule has 0 atom stereocenters. The third-order valence-corrected chi connectivity index (χ3v) is 5.22. The lowest BCUT2D eigenvalue weighted by Crippen LogP contribution is -2.25. The Morgan fingerprint density at radius 1 is 1.38 bits per heavy atom. The standard InChI is InChI=1S/C16H18BrNO2S/c1-4-20-13-8-6-5-7-12(13)10-18(3)16(19)14-9-11(2)15(17)21-14/h5-9H,4,10H2,1-3H3. The van der Waals surface area contributed by atoms with Gasteiger partial charge in [-0.3, -0.25) is 4.79 Å². The predicted molar refractivity (Wildman–Crippen MR) is 90.2 cm³/mol. The molecule has 2 aromatic rings. The number of aryl methyl sites for hydroxylation is 1. The van der Waals surface area contributed by atoms with Gasteiger partial charge >= 0.3 is 0 Å². The van der Waals surface area contributed by atoms with Crippen LogP contribution in [-0.2, 0) is 6.54 Å². The molecule has 2 rings (SSSR count). The van der Waals surface area contributed by atoms with E-state index in [1.807, 2.05) is 51.2 Å². The van der Waals surface area contributed by atoms with Gasteiger partial charge in [-0.25, -0.2) is 0 Å². The quantitative estimate of drug-likeness (QED) is 0.778. The Morgan fingerprint density at radius 2 is 2.10 bits per heavy atom. The van der Waals surface area contributed by atoms with Crippen molar-refractivity contribution < 1.29 is 9.53 Å². The largest absolute Gasteiger partial charge is 0.494 e. The van der Waals surface area contributed by atoms with Crippen LogP contribution >= 0.6 is 27.3 Å². The zero-order valence-electron chi connectivity index (χ0n) is 12.4. The smallest absolute Gasteiger partial charge is 0.264 e. The molecule has 0 saturated carbocycles. The molecule has 0 aliphatic heterocycles. The third kappa shape index (κ3) is 3.86. The predicted octanol–water partition coefficient (Wildman–Crippen LogP) is 4.49. The van der Waals surface area contributed by atoms with E-state index in [1.165, 1.54) is 11.3 Å². The zero-order chi connectivity index (χ0) is 15.4. The lowest BCUT2D eigenvalue weighted by molar-refractivity contribution is 0.0788. The van der Waals surface area contributed by atoms with E-state index in [9.17, 15) is 4.79 Å². The molecule has 1 amide bonds. The van der Waals surface area contributed by atoms with Gasteiger partial charge in [0.1, 0.15) is 5.75 Å². The number of hydrogen-bond donors (Lipinski definition) is 0. The number of rotatable bonds is 5. The van der Waals surface area contributed by atoms with Gasteiger partial charge in [-0.15, -0.1) is 11.3 Å². The van der Waals surface area contributed by atoms with E-state index in [-0.39, 0.29) is 5.91 Å². The summed E-state index contributed by atoms with van der Waals surface area (Å²) >= 11 is 4.93. The highest BCUT2D eigenvalue weighted by atomic mass is 79.9. The molecule has 0 fully saturated rings. The molecule has 21 heavy (non-hydrogen) atoms. The fraction of sp³-hybridized carbons (Fsp3) is 0.312. The number of nitrogens with zero attached hydrogens (tertiary/aromatic N) is 1. The number of thiophene rings is 1. The molecule has 0 aliphatic rings. The first kappa shape index (κ1) is 16.0. The lowest BCUT2D eigenvalue weighted by atomic mass is 10.2. The van der Waals surface area contributed by atoms with Crippen LogP contribution in [0.25, 0.3) is 0 Å². The number of para-hydroxylation sites is 1. The van der Waals surface area contributed by atoms with Crippen molar-refractivity contribution in [2.24, 2.45) is 0 Å². The average molecular weight is 368 g/mol.